The smallest absolute Gasteiger partial charge is 0.264 e. The first kappa shape index (κ1) is 37.3. The van der Waals surface area contributed by atoms with E-state index in [-0.39, 0.29) is 29.5 Å². The molecule has 0 fully saturated rings. The van der Waals surface area contributed by atoms with E-state index in [0.717, 1.165) is 28.3 Å². The zero-order valence-electron chi connectivity index (χ0n) is 27.0. The lowest BCUT2D eigenvalue weighted by atomic mass is 10.0. The van der Waals surface area contributed by atoms with E-state index in [1.807, 2.05) is 44.2 Å². The third-order valence-electron chi connectivity index (χ3n) is 7.77. The molecule has 1 N–H and O–H groups in total. The predicted octanol–water partition coefficient (Wildman–Crippen LogP) is 7.82. The number of carbonyl (C=O) groups is 2. The van der Waals surface area contributed by atoms with Gasteiger partial charge >= 0.3 is 0 Å². The molecule has 12 heteroatoms. The number of hydrogen-bond donors (Lipinski definition) is 1. The van der Waals surface area contributed by atoms with Crippen molar-refractivity contribution >= 4 is 66.7 Å². The molecule has 4 rings (SSSR count). The summed E-state index contributed by atoms with van der Waals surface area (Å²) in [6, 6.07) is 24.6. The minimum Gasteiger partial charge on any atom is -0.496 e. The van der Waals surface area contributed by atoms with Gasteiger partial charge in [-0.05, 0) is 82.9 Å². The Hall–Kier alpha value is -3.57. The van der Waals surface area contributed by atoms with Gasteiger partial charge in [0.2, 0.25) is 11.8 Å². The third-order valence-corrected chi connectivity index (χ3v) is 10.7. The van der Waals surface area contributed by atoms with Crippen LogP contribution in [0.1, 0.15) is 36.5 Å². The molecule has 4 aromatic carbocycles. The van der Waals surface area contributed by atoms with E-state index < -0.39 is 28.5 Å². The van der Waals surface area contributed by atoms with Crippen molar-refractivity contribution in [2.45, 2.75) is 50.6 Å². The van der Waals surface area contributed by atoms with Crippen LogP contribution in [0.4, 0.5) is 5.69 Å². The van der Waals surface area contributed by atoms with Gasteiger partial charge in [0, 0.05) is 29.6 Å². The monoisotopic (exact) mass is 773 g/mol. The molecular formula is C36H38BrCl2N3O5S. The molecule has 0 aliphatic heterocycles. The Morgan fingerprint density at radius 3 is 2.29 bits per heavy atom. The standard InChI is InChI=1S/C36H38BrCl2N3O5S/c1-4-5-19-40-36(44)33(20-26-9-7-6-8-10-26)41(23-27-13-14-28(38)21-32(27)39)35(43)24-42(29-15-11-25(2)12-16-29)48(45,46)30-17-18-34(47-3)31(37)22-30/h6-18,21-22,33H,4-5,19-20,23-24H2,1-3H3,(H,40,44). The molecule has 0 saturated carbocycles. The summed E-state index contributed by atoms with van der Waals surface area (Å²) in [6.45, 7) is 3.68. The maximum absolute atomic E-state index is 14.6. The second-order valence-electron chi connectivity index (χ2n) is 11.3. The van der Waals surface area contributed by atoms with E-state index in [4.69, 9.17) is 27.9 Å². The Morgan fingerprint density at radius 1 is 0.958 bits per heavy atom. The molecule has 0 radical (unpaired) electrons. The lowest BCUT2D eigenvalue weighted by molar-refractivity contribution is -0.140. The average molecular weight is 776 g/mol. The maximum atomic E-state index is 14.6. The Kier molecular flexibility index (Phi) is 13.3. The number of methoxy groups -OCH3 is 1. The highest BCUT2D eigenvalue weighted by Crippen LogP contribution is 2.31. The van der Waals surface area contributed by atoms with Crippen LogP contribution in [0, 0.1) is 6.92 Å². The highest BCUT2D eigenvalue weighted by molar-refractivity contribution is 9.10. The van der Waals surface area contributed by atoms with Crippen LogP contribution >= 0.6 is 39.1 Å². The number of sulfonamides is 1. The molecule has 0 aliphatic carbocycles. The van der Waals surface area contributed by atoms with Gasteiger partial charge in [0.25, 0.3) is 10.0 Å². The summed E-state index contributed by atoms with van der Waals surface area (Å²) in [4.78, 5) is 29.9. The van der Waals surface area contributed by atoms with Gasteiger partial charge < -0.3 is 15.0 Å². The molecule has 1 atom stereocenters. The maximum Gasteiger partial charge on any atom is 0.264 e. The largest absolute Gasteiger partial charge is 0.496 e. The topological polar surface area (TPSA) is 96.0 Å². The Labute approximate surface area is 301 Å². The summed E-state index contributed by atoms with van der Waals surface area (Å²) >= 11 is 16.2. The number of unbranched alkanes of at least 4 members (excludes halogenated alkanes) is 1. The average Bonchev–Trinajstić information content (AvgIpc) is 3.07. The van der Waals surface area contributed by atoms with Crippen molar-refractivity contribution in [3.8, 4) is 5.75 Å². The summed E-state index contributed by atoms with van der Waals surface area (Å²) in [7, 11) is -2.81. The number of aryl methyl sites for hydroxylation is 1. The second-order valence-corrected chi connectivity index (χ2v) is 14.8. The lowest BCUT2D eigenvalue weighted by Gasteiger charge is -2.34. The van der Waals surface area contributed by atoms with Crippen LogP contribution in [-0.4, -0.2) is 51.4 Å². The number of amides is 2. The number of anilines is 1. The van der Waals surface area contributed by atoms with E-state index in [1.165, 1.54) is 30.2 Å². The van der Waals surface area contributed by atoms with Crippen LogP contribution in [0.2, 0.25) is 10.0 Å². The van der Waals surface area contributed by atoms with Gasteiger partial charge in [-0.1, -0.05) is 90.6 Å². The van der Waals surface area contributed by atoms with Crippen molar-refractivity contribution in [1.29, 1.82) is 0 Å². The van der Waals surface area contributed by atoms with Gasteiger partial charge in [-0.25, -0.2) is 8.42 Å². The molecule has 0 aliphatic rings. The number of nitrogens with zero attached hydrogens (tertiary/aromatic N) is 2. The second kappa shape index (κ2) is 17.2. The van der Waals surface area contributed by atoms with Crippen LogP contribution in [0.5, 0.6) is 5.75 Å². The zero-order valence-corrected chi connectivity index (χ0v) is 30.9. The van der Waals surface area contributed by atoms with Crippen molar-refractivity contribution < 1.29 is 22.7 Å². The fourth-order valence-electron chi connectivity index (χ4n) is 5.07. The number of hydrogen-bond acceptors (Lipinski definition) is 5. The number of nitrogens with one attached hydrogen (secondary N) is 1. The molecule has 0 spiro atoms. The molecule has 2 amide bonds. The van der Waals surface area contributed by atoms with Crippen molar-refractivity contribution in [3.05, 3.63) is 122 Å². The predicted molar refractivity (Wildman–Crippen MR) is 195 cm³/mol. The molecule has 1 unspecified atom stereocenters. The minimum absolute atomic E-state index is 0.0472. The van der Waals surface area contributed by atoms with E-state index in [9.17, 15) is 18.0 Å². The van der Waals surface area contributed by atoms with Crippen molar-refractivity contribution in [1.82, 2.24) is 10.2 Å². The quantitative estimate of drug-likeness (QED) is 0.124. The number of ether oxygens (including phenoxy) is 1. The summed E-state index contributed by atoms with van der Waals surface area (Å²) < 4.78 is 35.5. The first-order chi connectivity index (χ1) is 22.9. The first-order valence-corrected chi connectivity index (χ1v) is 18.4. The summed E-state index contributed by atoms with van der Waals surface area (Å²) in [5, 5.41) is 3.71. The SMILES string of the molecule is CCCCNC(=O)C(Cc1ccccc1)N(Cc1ccc(Cl)cc1Cl)C(=O)CN(c1ccc(C)cc1)S(=O)(=O)c1ccc(OC)c(Br)c1. The van der Waals surface area contributed by atoms with Crippen molar-refractivity contribution in [3.63, 3.8) is 0 Å². The fourth-order valence-corrected chi connectivity index (χ4v) is 7.67. The van der Waals surface area contributed by atoms with E-state index in [1.54, 1.807) is 42.5 Å². The van der Waals surface area contributed by atoms with Crippen LogP contribution in [0.15, 0.2) is 100 Å². The molecule has 0 saturated heterocycles. The Bertz CT molecular complexity index is 1830. The molecule has 0 heterocycles. The Morgan fingerprint density at radius 2 is 1.67 bits per heavy atom. The molecule has 48 heavy (non-hydrogen) atoms. The number of carbonyl (C=O) groups excluding carboxylic acids is 2. The fraction of sp³-hybridized carbons (Fsp3) is 0.278. The van der Waals surface area contributed by atoms with Crippen LogP contribution in [-0.2, 0) is 32.6 Å². The molecule has 0 aromatic heterocycles. The number of rotatable bonds is 15. The van der Waals surface area contributed by atoms with Gasteiger partial charge in [-0.3, -0.25) is 13.9 Å². The molecular weight excluding hydrogens is 737 g/mol. The normalized spacial score (nSPS) is 11.9. The highest BCUT2D eigenvalue weighted by atomic mass is 79.9. The molecule has 254 valence electrons. The van der Waals surface area contributed by atoms with E-state index >= 15 is 0 Å². The van der Waals surface area contributed by atoms with Crippen LogP contribution < -0.4 is 14.4 Å². The minimum atomic E-state index is -4.30. The Balaban J connectivity index is 1.82. The summed E-state index contributed by atoms with van der Waals surface area (Å²) in [6.07, 6.45) is 1.83. The van der Waals surface area contributed by atoms with Gasteiger partial charge in [-0.2, -0.15) is 0 Å². The van der Waals surface area contributed by atoms with Crippen LogP contribution in [0.25, 0.3) is 0 Å². The zero-order chi connectivity index (χ0) is 34.8. The highest BCUT2D eigenvalue weighted by Gasteiger charge is 2.35. The number of benzene rings is 4. The molecule has 0 bridgehead atoms. The van der Waals surface area contributed by atoms with Crippen molar-refractivity contribution in [2.24, 2.45) is 0 Å². The van der Waals surface area contributed by atoms with E-state index in [0.29, 0.717) is 32.4 Å². The molecule has 4 aromatic rings. The van der Waals surface area contributed by atoms with E-state index in [2.05, 4.69) is 21.2 Å². The first-order valence-electron chi connectivity index (χ1n) is 15.4. The van der Waals surface area contributed by atoms with Crippen molar-refractivity contribution in [2.75, 3.05) is 24.5 Å². The lowest BCUT2D eigenvalue weighted by Crippen LogP contribution is -2.53. The van der Waals surface area contributed by atoms with Gasteiger partial charge in [0.1, 0.15) is 18.3 Å². The summed E-state index contributed by atoms with van der Waals surface area (Å²) in [5.74, 6) is -0.491. The van der Waals surface area contributed by atoms with Gasteiger partial charge in [-0.15, -0.1) is 0 Å². The third kappa shape index (κ3) is 9.53. The van der Waals surface area contributed by atoms with Gasteiger partial charge in [0.15, 0.2) is 0 Å². The van der Waals surface area contributed by atoms with Gasteiger partial charge in [0.05, 0.1) is 22.2 Å². The number of halogens is 3. The molecule has 8 nitrogen and oxygen atoms in total. The summed E-state index contributed by atoms with van der Waals surface area (Å²) in [5.41, 5.74) is 2.59. The van der Waals surface area contributed by atoms with Crippen LogP contribution in [0.3, 0.4) is 0 Å².